The molecule has 4 aromatic rings. The maximum Gasteiger partial charge on any atom is 0.267 e. The molecule has 5 rings (SSSR count). The zero-order chi connectivity index (χ0) is 24.4. The number of nitrogens with one attached hydrogen (secondary N) is 3. The molecule has 0 spiro atoms. The SMILES string of the molecule is O=C(/C=C/c1ccc2c(c1)CCC2N(CCc1c[nH]c2cc(Cl)ccc12)Cc1ccc(F)[nH]1)NO. The number of hydrogen-bond acceptors (Lipinski definition) is 3. The highest BCUT2D eigenvalue weighted by Crippen LogP contribution is 2.37. The molecule has 0 radical (unpaired) electrons. The van der Waals surface area contributed by atoms with Gasteiger partial charge in [0, 0.05) is 53.0 Å². The summed E-state index contributed by atoms with van der Waals surface area (Å²) in [6, 6.07) is 15.5. The Hall–Kier alpha value is -3.39. The lowest BCUT2D eigenvalue weighted by molar-refractivity contribution is -0.124. The Bertz CT molecular complexity index is 1390. The van der Waals surface area contributed by atoms with Crippen LogP contribution in [0.15, 0.2) is 60.8 Å². The number of aromatic nitrogens is 2. The van der Waals surface area contributed by atoms with Crippen LogP contribution in [0.3, 0.4) is 0 Å². The van der Waals surface area contributed by atoms with Crippen molar-refractivity contribution in [2.45, 2.75) is 31.8 Å². The van der Waals surface area contributed by atoms with E-state index in [0.717, 1.165) is 48.0 Å². The van der Waals surface area contributed by atoms with Crippen molar-refractivity contribution in [3.63, 3.8) is 0 Å². The summed E-state index contributed by atoms with van der Waals surface area (Å²) in [6.45, 7) is 1.42. The molecule has 0 bridgehead atoms. The third kappa shape index (κ3) is 5.17. The van der Waals surface area contributed by atoms with Crippen molar-refractivity contribution in [1.29, 1.82) is 0 Å². The number of halogens is 2. The summed E-state index contributed by atoms with van der Waals surface area (Å²) >= 11 is 6.14. The monoisotopic (exact) mass is 492 g/mol. The number of benzene rings is 2. The van der Waals surface area contributed by atoms with Crippen molar-refractivity contribution < 1.29 is 14.4 Å². The summed E-state index contributed by atoms with van der Waals surface area (Å²) in [6.07, 6.45) is 7.75. The summed E-state index contributed by atoms with van der Waals surface area (Å²) in [7, 11) is 0. The fraction of sp³-hybridized carbons (Fsp3) is 0.222. The minimum Gasteiger partial charge on any atom is -0.361 e. The Labute approximate surface area is 207 Å². The normalized spacial score (nSPS) is 15.4. The summed E-state index contributed by atoms with van der Waals surface area (Å²) in [4.78, 5) is 19.9. The van der Waals surface area contributed by atoms with Gasteiger partial charge in [0.25, 0.3) is 5.91 Å². The van der Waals surface area contributed by atoms with Crippen LogP contribution in [0, 0.1) is 5.95 Å². The van der Waals surface area contributed by atoms with Gasteiger partial charge in [-0.1, -0.05) is 35.9 Å². The largest absolute Gasteiger partial charge is 0.361 e. The van der Waals surface area contributed by atoms with Gasteiger partial charge < -0.3 is 9.97 Å². The number of carbonyl (C=O) groups excluding carboxylic acids is 1. The van der Waals surface area contributed by atoms with Gasteiger partial charge in [0.1, 0.15) is 0 Å². The first-order valence-corrected chi connectivity index (χ1v) is 12.0. The number of hydrogen-bond donors (Lipinski definition) is 4. The summed E-state index contributed by atoms with van der Waals surface area (Å²) in [5.41, 5.74) is 8.09. The van der Waals surface area contributed by atoms with Crippen LogP contribution in [-0.4, -0.2) is 32.5 Å². The van der Waals surface area contributed by atoms with Crippen LogP contribution in [0.1, 0.15) is 40.4 Å². The van der Waals surface area contributed by atoms with Crippen LogP contribution in [-0.2, 0) is 24.2 Å². The Morgan fingerprint density at radius 3 is 2.91 bits per heavy atom. The van der Waals surface area contributed by atoms with Crippen LogP contribution in [0.2, 0.25) is 5.02 Å². The minimum absolute atomic E-state index is 0.204. The second-order valence-corrected chi connectivity index (χ2v) is 9.31. The van der Waals surface area contributed by atoms with Gasteiger partial charge in [-0.15, -0.1) is 0 Å². The number of H-pyrrole nitrogens is 2. The van der Waals surface area contributed by atoms with Gasteiger partial charge in [-0.25, -0.2) is 5.48 Å². The molecule has 35 heavy (non-hydrogen) atoms. The molecule has 1 atom stereocenters. The van der Waals surface area contributed by atoms with Crippen molar-refractivity contribution in [2.75, 3.05) is 6.54 Å². The van der Waals surface area contributed by atoms with Crippen LogP contribution in [0.4, 0.5) is 4.39 Å². The molecule has 1 aliphatic carbocycles. The molecule has 1 aliphatic rings. The molecule has 0 saturated carbocycles. The predicted octanol–water partition coefficient (Wildman–Crippen LogP) is 5.54. The quantitative estimate of drug-likeness (QED) is 0.148. The van der Waals surface area contributed by atoms with E-state index in [9.17, 15) is 9.18 Å². The molecular weight excluding hydrogens is 467 g/mol. The number of nitrogens with zero attached hydrogens (tertiary/aromatic N) is 1. The Morgan fingerprint density at radius 1 is 1.23 bits per heavy atom. The molecule has 6 nitrogen and oxygen atoms in total. The predicted molar refractivity (Wildman–Crippen MR) is 135 cm³/mol. The molecule has 0 fully saturated rings. The van der Waals surface area contributed by atoms with Gasteiger partial charge in [-0.05, 0) is 71.9 Å². The van der Waals surface area contributed by atoms with Crippen molar-refractivity contribution in [2.24, 2.45) is 0 Å². The Balaban J connectivity index is 1.38. The van der Waals surface area contributed by atoms with E-state index in [4.69, 9.17) is 16.8 Å². The van der Waals surface area contributed by atoms with Gasteiger partial charge in [-0.3, -0.25) is 14.9 Å². The van der Waals surface area contributed by atoms with Gasteiger partial charge in [0.2, 0.25) is 0 Å². The highest BCUT2D eigenvalue weighted by atomic mass is 35.5. The number of fused-ring (bicyclic) bond motifs is 2. The lowest BCUT2D eigenvalue weighted by atomic mass is 10.0. The van der Waals surface area contributed by atoms with Crippen molar-refractivity contribution >= 4 is 34.5 Å². The second kappa shape index (κ2) is 10.1. The molecule has 0 aliphatic heterocycles. The first-order chi connectivity index (χ1) is 17.0. The fourth-order valence-corrected chi connectivity index (χ4v) is 5.18. The fourth-order valence-electron chi connectivity index (χ4n) is 5.00. The number of rotatable bonds is 8. The van der Waals surface area contributed by atoms with Gasteiger partial charge in [0.05, 0.1) is 0 Å². The molecule has 8 heteroatoms. The van der Waals surface area contributed by atoms with E-state index in [0.29, 0.717) is 11.6 Å². The molecule has 2 heterocycles. The zero-order valence-electron chi connectivity index (χ0n) is 19.0. The lowest BCUT2D eigenvalue weighted by Crippen LogP contribution is -2.29. The molecule has 1 unspecified atom stereocenters. The highest BCUT2D eigenvalue weighted by Gasteiger charge is 2.28. The molecule has 1 amide bonds. The van der Waals surface area contributed by atoms with E-state index < -0.39 is 5.91 Å². The third-order valence-corrected chi connectivity index (χ3v) is 6.91. The van der Waals surface area contributed by atoms with Crippen molar-refractivity contribution in [1.82, 2.24) is 20.3 Å². The summed E-state index contributed by atoms with van der Waals surface area (Å²) in [5.74, 6) is -0.893. The van der Waals surface area contributed by atoms with Gasteiger partial charge in [0.15, 0.2) is 5.95 Å². The molecule has 4 N–H and O–H groups in total. The van der Waals surface area contributed by atoms with Crippen LogP contribution >= 0.6 is 11.6 Å². The van der Waals surface area contributed by atoms with Crippen molar-refractivity contribution in [3.8, 4) is 0 Å². The first-order valence-electron chi connectivity index (χ1n) is 11.6. The van der Waals surface area contributed by atoms with E-state index in [2.05, 4.69) is 27.0 Å². The molecule has 2 aromatic carbocycles. The van der Waals surface area contributed by atoms with Crippen LogP contribution in [0.25, 0.3) is 17.0 Å². The van der Waals surface area contributed by atoms with Crippen LogP contribution < -0.4 is 5.48 Å². The highest BCUT2D eigenvalue weighted by molar-refractivity contribution is 6.31. The lowest BCUT2D eigenvalue weighted by Gasteiger charge is -2.29. The third-order valence-electron chi connectivity index (χ3n) is 6.67. The Kier molecular flexibility index (Phi) is 6.72. The molecule has 2 aromatic heterocycles. The van der Waals surface area contributed by atoms with Gasteiger partial charge in [-0.2, -0.15) is 4.39 Å². The number of carbonyl (C=O) groups is 1. The van der Waals surface area contributed by atoms with E-state index in [1.807, 2.05) is 30.5 Å². The topological polar surface area (TPSA) is 84.2 Å². The first kappa shape index (κ1) is 23.4. The van der Waals surface area contributed by atoms with E-state index in [1.54, 1.807) is 17.6 Å². The van der Waals surface area contributed by atoms with E-state index in [-0.39, 0.29) is 12.0 Å². The van der Waals surface area contributed by atoms with Crippen molar-refractivity contribution in [3.05, 3.63) is 99.7 Å². The summed E-state index contributed by atoms with van der Waals surface area (Å²) in [5, 5.41) is 10.6. The number of amides is 1. The molecule has 180 valence electrons. The smallest absolute Gasteiger partial charge is 0.267 e. The molecular formula is C27H26ClFN4O2. The standard InChI is InChI=1S/C27H26ClFN4O2/c28-20-4-7-22-19(15-30-24(22)14-20)11-12-33(16-21-5-9-26(29)31-21)25-8-3-18-13-17(1-6-23(18)25)2-10-27(34)32-35/h1-2,4-7,9-10,13-15,25,30-31,35H,3,8,11-12,16H2,(H,32,34)/b10-2+. The maximum atomic E-state index is 13.7. The van der Waals surface area contributed by atoms with E-state index >= 15 is 0 Å². The number of aryl methyl sites for hydroxylation is 1. The number of aromatic amines is 2. The average molecular weight is 493 g/mol. The summed E-state index contributed by atoms with van der Waals surface area (Å²) < 4.78 is 13.7. The van der Waals surface area contributed by atoms with Gasteiger partial charge >= 0.3 is 0 Å². The maximum absolute atomic E-state index is 13.7. The van der Waals surface area contributed by atoms with Crippen LogP contribution in [0.5, 0.6) is 0 Å². The van der Waals surface area contributed by atoms with E-state index in [1.165, 1.54) is 28.8 Å². The number of hydroxylamine groups is 1. The Morgan fingerprint density at radius 2 is 2.11 bits per heavy atom. The molecule has 0 saturated heterocycles. The minimum atomic E-state index is -0.563. The average Bonchev–Trinajstić information content (AvgIpc) is 3.58. The second-order valence-electron chi connectivity index (χ2n) is 8.88. The zero-order valence-corrected chi connectivity index (χ0v) is 19.8.